The molecule has 102 heavy (non-hydrogen) atoms. The predicted molar refractivity (Wildman–Crippen MR) is 368 cm³/mol. The highest BCUT2D eigenvalue weighted by Gasteiger charge is 2.69. The van der Waals surface area contributed by atoms with Gasteiger partial charge in [-0.05, 0) is 47.2 Å². The lowest BCUT2D eigenvalue weighted by molar-refractivity contribution is -0.396. The lowest BCUT2D eigenvalue weighted by Crippen LogP contribution is -2.82. The average molecular weight is 1480 g/mol. The predicted octanol–water partition coefficient (Wildman–Crippen LogP) is 9.45. The fourth-order valence-corrected chi connectivity index (χ4v) is 12.6. The number of carbonyl (C=O) groups excluding carboxylic acids is 4. The van der Waals surface area contributed by atoms with Gasteiger partial charge in [0.05, 0.1) is 97.1 Å². The molecule has 29 heteroatoms. The van der Waals surface area contributed by atoms with Gasteiger partial charge in [0.25, 0.3) is 9.70 Å². The van der Waals surface area contributed by atoms with Crippen LogP contribution in [0.25, 0.3) is 10.4 Å². The summed E-state index contributed by atoms with van der Waals surface area (Å²) < 4.78 is 109. The van der Waals surface area contributed by atoms with Crippen molar-refractivity contribution in [3.63, 3.8) is 0 Å². The first-order valence-electron chi connectivity index (χ1n) is 33.8. The second kappa shape index (κ2) is 40.2. The van der Waals surface area contributed by atoms with E-state index in [0.717, 1.165) is 48.6 Å². The number of halogens is 3. The van der Waals surface area contributed by atoms with Crippen LogP contribution in [-0.4, -0.2) is 195 Å². The van der Waals surface area contributed by atoms with Gasteiger partial charge in [-0.2, -0.15) is 0 Å². The molecular weight excluding hydrogens is 1390 g/mol. The minimum Gasteiger partial charge on any atom is -0.463 e. The van der Waals surface area contributed by atoms with E-state index in [4.69, 9.17) is 121 Å². The molecule has 1 unspecified atom stereocenters. The monoisotopic (exact) mass is 1480 g/mol. The smallest absolute Gasteiger partial charge is 0.303 e. The summed E-state index contributed by atoms with van der Waals surface area (Å²) in [5.74, 6) is -4.00. The minimum atomic E-state index is -3.03. The van der Waals surface area contributed by atoms with Gasteiger partial charge in [0, 0.05) is 45.1 Å². The number of carbonyl (C=O) groups is 4. The third-order valence-corrected chi connectivity index (χ3v) is 17.8. The fourth-order valence-electron chi connectivity index (χ4n) is 12.4. The Hall–Kier alpha value is -6.44. The third kappa shape index (κ3) is 23.5. The minimum absolute atomic E-state index is 0.0126. The first-order valence-corrected chi connectivity index (χ1v) is 34.9. The van der Waals surface area contributed by atoms with Gasteiger partial charge in [-0.15, -0.1) is 0 Å². The van der Waals surface area contributed by atoms with E-state index in [1.165, 1.54) is 0 Å². The quantitative estimate of drug-likeness (QED) is 0.00717. The maximum atomic E-state index is 15.4. The molecular formula is C73H89Cl3N4O22. The van der Waals surface area contributed by atoms with Crippen LogP contribution in [0.15, 0.2) is 157 Å². The standard InChI is InChI=1S/C73H89Cl3N4O22/c1-46-56(91-40-52-23-13-7-14-24-52)37-58(93-42-54-27-17-9-18-28-54)68(95-46)101-64-63(98-50(5)83)62(97-49(4)82)60(45-90-48(3)81)99-67(64)72(85)65(79-71(84)73(74,75)76)70(89-36-35-87-34-33-86-32-31-78-80-77)100-61(44-88-39-51-21-11-6-12-22-51)66(72)102-69-59(94-43-55-29-19-10-20-30-55)38-57(47(2)96-69)92-41-53-25-15-8-16-26-53/h6-30,46-47,56-70,85H,31-45H2,1-5H3,(H,79,84)/t46?,47-,56-,57-,58-,59-,60+,61+,62-,63-,64+,65-,66+,67+,68-,69-,70+,72+/m0/s1. The van der Waals surface area contributed by atoms with Crippen LogP contribution in [0.1, 0.15) is 75.3 Å². The van der Waals surface area contributed by atoms with Crippen LogP contribution in [0.4, 0.5) is 0 Å². The second-order valence-electron chi connectivity index (χ2n) is 24.9. The number of hydrogen-bond donors (Lipinski definition) is 2. The first kappa shape index (κ1) is 79.7. The summed E-state index contributed by atoms with van der Waals surface area (Å²) in [4.78, 5) is 58.3. The van der Waals surface area contributed by atoms with E-state index in [9.17, 15) is 19.2 Å². The zero-order valence-corrected chi connectivity index (χ0v) is 59.6. The normalized spacial score (nSPS) is 28.8. The van der Waals surface area contributed by atoms with Gasteiger partial charge < -0.3 is 90.9 Å². The number of alkyl halides is 3. The molecule has 4 fully saturated rings. The van der Waals surface area contributed by atoms with Gasteiger partial charge in [0.1, 0.15) is 61.0 Å². The molecule has 0 aliphatic carbocycles. The number of aliphatic hydroxyl groups is 1. The highest BCUT2D eigenvalue weighted by molar-refractivity contribution is 6.76. The van der Waals surface area contributed by atoms with Gasteiger partial charge in [-0.1, -0.05) is 192 Å². The van der Waals surface area contributed by atoms with Gasteiger partial charge in [0.15, 0.2) is 31.1 Å². The first-order chi connectivity index (χ1) is 49.3. The van der Waals surface area contributed by atoms with Crippen molar-refractivity contribution in [2.75, 3.05) is 52.8 Å². The molecule has 18 atom stereocenters. The number of esters is 3. The van der Waals surface area contributed by atoms with Crippen molar-refractivity contribution >= 4 is 58.6 Å². The summed E-state index contributed by atoms with van der Waals surface area (Å²) >= 11 is 19.5. The van der Waals surface area contributed by atoms with Crippen molar-refractivity contribution in [3.05, 3.63) is 190 Å². The maximum Gasteiger partial charge on any atom is 0.303 e. The Morgan fingerprint density at radius 1 is 0.520 bits per heavy atom. The average Bonchev–Trinajstić information content (AvgIpc) is 0.715. The molecule has 4 heterocycles. The van der Waals surface area contributed by atoms with Gasteiger partial charge in [-0.3, -0.25) is 19.2 Å². The van der Waals surface area contributed by atoms with Crippen LogP contribution >= 0.6 is 34.8 Å². The highest BCUT2D eigenvalue weighted by Crippen LogP contribution is 2.46. The summed E-state index contributed by atoms with van der Waals surface area (Å²) in [6.45, 7) is 5.98. The molecule has 2 N–H and O–H groups in total. The van der Waals surface area contributed by atoms with Crippen molar-refractivity contribution in [2.24, 2.45) is 5.11 Å². The number of amides is 1. The van der Waals surface area contributed by atoms with Crippen LogP contribution < -0.4 is 5.32 Å². The van der Waals surface area contributed by atoms with Crippen molar-refractivity contribution in [3.8, 4) is 0 Å². The summed E-state index contributed by atoms with van der Waals surface area (Å²) in [5.41, 5.74) is 9.77. The molecule has 0 saturated carbocycles. The number of benzene rings is 5. The number of azide groups is 1. The molecule has 0 aromatic heterocycles. The molecule has 0 radical (unpaired) electrons. The van der Waals surface area contributed by atoms with Crippen molar-refractivity contribution in [1.29, 1.82) is 0 Å². The van der Waals surface area contributed by atoms with E-state index in [0.29, 0.717) is 0 Å². The van der Waals surface area contributed by atoms with Crippen molar-refractivity contribution in [1.82, 2.24) is 5.32 Å². The van der Waals surface area contributed by atoms with E-state index in [-0.39, 0.29) is 85.5 Å². The number of rotatable bonds is 36. The topological polar surface area (TPSA) is 306 Å². The number of hydrogen-bond acceptors (Lipinski definition) is 23. The number of nitrogens with zero attached hydrogens (tertiary/aromatic N) is 3. The molecule has 9 rings (SSSR count). The molecule has 1 amide bonds. The molecule has 4 aliphatic rings. The zero-order chi connectivity index (χ0) is 72.4. The largest absolute Gasteiger partial charge is 0.463 e. The van der Waals surface area contributed by atoms with Gasteiger partial charge >= 0.3 is 17.9 Å². The third-order valence-electron chi connectivity index (χ3n) is 17.3. The Morgan fingerprint density at radius 3 is 1.42 bits per heavy atom. The zero-order valence-electron chi connectivity index (χ0n) is 57.4. The van der Waals surface area contributed by atoms with Crippen molar-refractivity contribution < 1.29 is 105 Å². The van der Waals surface area contributed by atoms with E-state index < -0.39 is 151 Å². The molecule has 4 saturated heterocycles. The van der Waals surface area contributed by atoms with Crippen LogP contribution in [-0.2, 0) is 133 Å². The molecule has 5 aromatic rings. The van der Waals surface area contributed by atoms with Crippen LogP contribution in [0.2, 0.25) is 0 Å². The molecule has 4 aliphatic heterocycles. The lowest BCUT2D eigenvalue weighted by atomic mass is 9.72. The molecule has 554 valence electrons. The van der Waals surface area contributed by atoms with Crippen LogP contribution in [0.3, 0.4) is 0 Å². The summed E-state index contributed by atoms with van der Waals surface area (Å²) in [5, 5.41) is 21.6. The molecule has 0 bridgehead atoms. The lowest BCUT2D eigenvalue weighted by Gasteiger charge is -2.59. The SMILES string of the molecule is CC(=O)OC[C@H]1O[C@@H]([C@]2(O)[C@H](O[C@@H]3O[C@@H](C)[C@@H](OCc4ccccc4)C[C@@H]3OCc3ccccc3)[C@@H](COCc3ccccc3)O[C@@H](OCCOCCOCCN=[N+]=[N-])[C@@H]2NC(=O)C(Cl)(Cl)Cl)[C@H](O[C@@H]2OC(C)[C@@H](OCc3ccccc3)C[C@@H]2OCc2ccccc2)[C@@H](OC(C)=O)[C@H]1OC(C)=O. The van der Waals surface area contributed by atoms with Crippen LogP contribution in [0.5, 0.6) is 0 Å². The van der Waals surface area contributed by atoms with E-state index >= 15 is 5.11 Å². The maximum absolute atomic E-state index is 15.4. The summed E-state index contributed by atoms with van der Waals surface area (Å²) in [6.07, 6.45) is -22.4. The summed E-state index contributed by atoms with van der Waals surface area (Å²) in [7, 11) is 0. The Balaban J connectivity index is 1.22. The molecule has 5 aromatic carbocycles. The number of nitrogens with one attached hydrogen (secondary N) is 1. The number of ether oxygens (including phenoxy) is 17. The van der Waals surface area contributed by atoms with E-state index in [1.807, 2.05) is 152 Å². The Bertz CT molecular complexity index is 3400. The van der Waals surface area contributed by atoms with E-state index in [1.54, 1.807) is 13.8 Å². The van der Waals surface area contributed by atoms with Gasteiger partial charge in [-0.25, -0.2) is 0 Å². The van der Waals surface area contributed by atoms with Crippen LogP contribution in [0, 0.1) is 0 Å². The Labute approximate surface area is 607 Å². The summed E-state index contributed by atoms with van der Waals surface area (Å²) in [6, 6.07) is 44.9. The molecule has 0 spiro atoms. The molecule has 26 nitrogen and oxygen atoms in total. The van der Waals surface area contributed by atoms with E-state index in [2.05, 4.69) is 15.3 Å². The Morgan fingerprint density at radius 2 is 0.961 bits per heavy atom. The second-order valence-corrected chi connectivity index (χ2v) is 27.1. The van der Waals surface area contributed by atoms with Crippen molar-refractivity contribution in [2.45, 2.75) is 194 Å². The highest BCUT2D eigenvalue weighted by atomic mass is 35.6. The van der Waals surface area contributed by atoms with Gasteiger partial charge in [0.2, 0.25) is 0 Å². The Kier molecular flexibility index (Phi) is 31.4. The fraction of sp³-hybridized carbons (Fsp3) is 0.534.